The van der Waals surface area contributed by atoms with Crippen LogP contribution >= 0.6 is 15.9 Å². The van der Waals surface area contributed by atoms with Gasteiger partial charge in [0.05, 0.1) is 0 Å². The van der Waals surface area contributed by atoms with E-state index in [-0.39, 0.29) is 5.91 Å². The first-order valence-corrected chi connectivity index (χ1v) is 7.63. The molecule has 1 N–H and O–H groups in total. The highest BCUT2D eigenvalue weighted by Crippen LogP contribution is 2.28. The molecule has 0 unspecified atom stereocenters. The van der Waals surface area contributed by atoms with Gasteiger partial charge in [0.2, 0.25) is 0 Å². The highest BCUT2D eigenvalue weighted by molar-refractivity contribution is 9.10. The van der Waals surface area contributed by atoms with Gasteiger partial charge < -0.3 is 14.8 Å². The minimum absolute atomic E-state index is 0.138. The van der Waals surface area contributed by atoms with Crippen molar-refractivity contribution in [2.45, 2.75) is 6.92 Å². The van der Waals surface area contributed by atoms with E-state index >= 15 is 0 Å². The van der Waals surface area contributed by atoms with Crippen molar-refractivity contribution in [3.63, 3.8) is 0 Å². The van der Waals surface area contributed by atoms with Crippen molar-refractivity contribution >= 4 is 32.7 Å². The van der Waals surface area contributed by atoms with Crippen molar-refractivity contribution in [3.05, 3.63) is 33.9 Å². The van der Waals surface area contributed by atoms with Crippen LogP contribution in [0, 0.1) is 6.92 Å². The molecule has 5 heteroatoms. The number of fused-ring (bicyclic) bond motifs is 1. The number of carbonyl (C=O) groups excluding carboxylic acids is 1. The second-order valence-electron chi connectivity index (χ2n) is 5.24. The lowest BCUT2D eigenvalue weighted by Gasteiger charge is -2.27. The van der Waals surface area contributed by atoms with Gasteiger partial charge in [-0.2, -0.15) is 0 Å². The molecule has 1 aromatic carbocycles. The van der Waals surface area contributed by atoms with E-state index in [4.69, 9.17) is 0 Å². The number of piperazine rings is 1. The summed E-state index contributed by atoms with van der Waals surface area (Å²) in [6, 6.07) is 6.15. The van der Waals surface area contributed by atoms with Crippen molar-refractivity contribution in [2.75, 3.05) is 26.2 Å². The summed E-state index contributed by atoms with van der Waals surface area (Å²) < 4.78 is 3.06. The normalized spacial score (nSPS) is 15.8. The number of benzene rings is 1. The van der Waals surface area contributed by atoms with Crippen LogP contribution in [0.25, 0.3) is 10.9 Å². The molecule has 1 aliphatic heterocycles. The summed E-state index contributed by atoms with van der Waals surface area (Å²) in [7, 11) is 1.97. The van der Waals surface area contributed by atoms with Gasteiger partial charge in [0, 0.05) is 48.6 Å². The quantitative estimate of drug-likeness (QED) is 0.868. The molecule has 4 nitrogen and oxygen atoms in total. The smallest absolute Gasteiger partial charge is 0.270 e. The summed E-state index contributed by atoms with van der Waals surface area (Å²) in [5, 5.41) is 4.42. The maximum atomic E-state index is 12.8. The Kier molecular flexibility index (Phi) is 3.56. The van der Waals surface area contributed by atoms with Gasteiger partial charge in [-0.3, -0.25) is 4.79 Å². The number of aryl methyl sites for hydroxylation is 2. The fourth-order valence-corrected chi connectivity index (χ4v) is 3.28. The fraction of sp³-hybridized carbons (Fsp3) is 0.400. The number of carbonyl (C=O) groups is 1. The predicted molar refractivity (Wildman–Crippen MR) is 84.1 cm³/mol. The molecule has 0 aliphatic carbocycles. The van der Waals surface area contributed by atoms with Crippen LogP contribution in [0.4, 0.5) is 0 Å². The van der Waals surface area contributed by atoms with Crippen LogP contribution in [0.3, 0.4) is 0 Å². The van der Waals surface area contributed by atoms with Crippen LogP contribution in [0.1, 0.15) is 16.1 Å². The van der Waals surface area contributed by atoms with Crippen LogP contribution in [0.15, 0.2) is 22.7 Å². The van der Waals surface area contributed by atoms with Crippen LogP contribution in [0.5, 0.6) is 0 Å². The molecular formula is C15H18BrN3O. The van der Waals surface area contributed by atoms with E-state index < -0.39 is 0 Å². The van der Waals surface area contributed by atoms with Crippen molar-refractivity contribution in [2.24, 2.45) is 7.05 Å². The monoisotopic (exact) mass is 335 g/mol. The largest absolute Gasteiger partial charge is 0.339 e. The zero-order chi connectivity index (χ0) is 14.3. The zero-order valence-electron chi connectivity index (χ0n) is 11.7. The molecule has 0 saturated carbocycles. The van der Waals surface area contributed by atoms with Crippen LogP contribution in [-0.2, 0) is 7.05 Å². The van der Waals surface area contributed by atoms with E-state index in [9.17, 15) is 4.79 Å². The molecule has 106 valence electrons. The summed E-state index contributed by atoms with van der Waals surface area (Å²) in [6.45, 7) is 5.34. The molecular weight excluding hydrogens is 318 g/mol. The maximum Gasteiger partial charge on any atom is 0.270 e. The van der Waals surface area contributed by atoms with Gasteiger partial charge in [-0.1, -0.05) is 15.9 Å². The summed E-state index contributed by atoms with van der Waals surface area (Å²) >= 11 is 3.50. The van der Waals surface area contributed by atoms with E-state index in [0.29, 0.717) is 0 Å². The topological polar surface area (TPSA) is 37.3 Å². The Hall–Kier alpha value is -1.33. The Balaban J connectivity index is 2.08. The van der Waals surface area contributed by atoms with Crippen LogP contribution < -0.4 is 5.32 Å². The van der Waals surface area contributed by atoms with Gasteiger partial charge in [-0.25, -0.2) is 0 Å². The lowest BCUT2D eigenvalue weighted by Crippen LogP contribution is -2.47. The summed E-state index contributed by atoms with van der Waals surface area (Å²) in [4.78, 5) is 14.7. The van der Waals surface area contributed by atoms with Gasteiger partial charge >= 0.3 is 0 Å². The molecule has 2 heterocycles. The summed E-state index contributed by atoms with van der Waals surface area (Å²) in [5.74, 6) is 0.138. The predicted octanol–water partition coefficient (Wildman–Crippen LogP) is 2.29. The molecule has 2 aromatic rings. The minimum Gasteiger partial charge on any atom is -0.339 e. The molecule has 1 fully saturated rings. The highest BCUT2D eigenvalue weighted by atomic mass is 79.9. The first-order chi connectivity index (χ1) is 9.59. The second kappa shape index (κ2) is 5.22. The standard InChI is InChI=1S/C15H18BrN3O/c1-10-12-9-11(16)3-4-13(12)18(2)14(10)15(20)19-7-5-17-6-8-19/h3-4,9,17H,5-8H2,1-2H3. The Bertz CT molecular complexity index is 671. The minimum atomic E-state index is 0.138. The molecule has 0 radical (unpaired) electrons. The third-order valence-electron chi connectivity index (χ3n) is 4.02. The number of hydrogen-bond donors (Lipinski definition) is 1. The van der Waals surface area contributed by atoms with Crippen LogP contribution in [0.2, 0.25) is 0 Å². The average molecular weight is 336 g/mol. The highest BCUT2D eigenvalue weighted by Gasteiger charge is 2.24. The van der Waals surface area contributed by atoms with E-state index in [1.807, 2.05) is 29.5 Å². The van der Waals surface area contributed by atoms with Gasteiger partial charge in [-0.15, -0.1) is 0 Å². The number of amides is 1. The Morgan fingerprint density at radius 1 is 1.30 bits per heavy atom. The average Bonchev–Trinajstić information content (AvgIpc) is 2.71. The van der Waals surface area contributed by atoms with Gasteiger partial charge in [0.15, 0.2) is 0 Å². The third kappa shape index (κ3) is 2.15. The molecule has 0 bridgehead atoms. The lowest BCUT2D eigenvalue weighted by atomic mass is 10.1. The third-order valence-corrected chi connectivity index (χ3v) is 4.51. The maximum absolute atomic E-state index is 12.8. The molecule has 0 spiro atoms. The SMILES string of the molecule is Cc1c(C(=O)N2CCNCC2)n(C)c2ccc(Br)cc12. The summed E-state index contributed by atoms with van der Waals surface area (Å²) in [6.07, 6.45) is 0. The first kappa shape index (κ1) is 13.6. The molecule has 1 saturated heterocycles. The molecule has 0 atom stereocenters. The van der Waals surface area contributed by atoms with Crippen molar-refractivity contribution in [1.29, 1.82) is 0 Å². The van der Waals surface area contributed by atoms with E-state index in [2.05, 4.69) is 33.4 Å². The number of nitrogens with one attached hydrogen (secondary N) is 1. The molecule has 1 aliphatic rings. The zero-order valence-corrected chi connectivity index (χ0v) is 13.3. The number of halogens is 1. The Morgan fingerprint density at radius 2 is 2.00 bits per heavy atom. The molecule has 3 rings (SSSR count). The number of rotatable bonds is 1. The molecule has 1 aromatic heterocycles. The summed E-state index contributed by atoms with van der Waals surface area (Å²) in [5.41, 5.74) is 2.97. The van der Waals surface area contributed by atoms with Gasteiger partial charge in [0.1, 0.15) is 5.69 Å². The number of nitrogens with zero attached hydrogens (tertiary/aromatic N) is 2. The number of aromatic nitrogens is 1. The van der Waals surface area contributed by atoms with Crippen molar-refractivity contribution in [1.82, 2.24) is 14.8 Å². The second-order valence-corrected chi connectivity index (χ2v) is 6.15. The first-order valence-electron chi connectivity index (χ1n) is 6.84. The van der Waals surface area contributed by atoms with E-state index in [1.165, 1.54) is 0 Å². The van der Waals surface area contributed by atoms with Crippen LogP contribution in [-0.4, -0.2) is 41.6 Å². The van der Waals surface area contributed by atoms with E-state index in [0.717, 1.165) is 52.8 Å². The fourth-order valence-electron chi connectivity index (χ4n) is 2.92. The van der Waals surface area contributed by atoms with E-state index in [1.54, 1.807) is 0 Å². The van der Waals surface area contributed by atoms with Crippen molar-refractivity contribution < 1.29 is 4.79 Å². The lowest BCUT2D eigenvalue weighted by molar-refractivity contribution is 0.0726. The van der Waals surface area contributed by atoms with Gasteiger partial charge in [-0.05, 0) is 30.7 Å². The Morgan fingerprint density at radius 3 is 2.70 bits per heavy atom. The number of hydrogen-bond acceptors (Lipinski definition) is 2. The van der Waals surface area contributed by atoms with Gasteiger partial charge in [0.25, 0.3) is 5.91 Å². The van der Waals surface area contributed by atoms with Crippen molar-refractivity contribution in [3.8, 4) is 0 Å². The molecule has 1 amide bonds. The molecule has 20 heavy (non-hydrogen) atoms. The Labute approximate surface area is 126 Å².